The number of rotatable bonds is 4. The Morgan fingerprint density at radius 3 is 2.79 bits per heavy atom. The average Bonchev–Trinajstić information content (AvgIpc) is 3.37. The Labute approximate surface area is 211 Å². The maximum Gasteiger partial charge on any atom is 0.338 e. The molecule has 2 aliphatic rings. The van der Waals surface area contributed by atoms with E-state index in [9.17, 15) is 9.59 Å². The second-order valence-corrected chi connectivity index (χ2v) is 9.82. The molecular weight excluding hydrogens is 544 g/mol. The number of hydrogen-bond acceptors (Lipinski definition) is 7. The van der Waals surface area contributed by atoms with Crippen molar-refractivity contribution < 1.29 is 19.0 Å². The molecule has 1 atom stereocenters. The summed E-state index contributed by atoms with van der Waals surface area (Å²) in [5.74, 6) is 0.719. The van der Waals surface area contributed by atoms with Gasteiger partial charge in [0.05, 0.1) is 22.4 Å². The van der Waals surface area contributed by atoms with Crippen molar-refractivity contribution in [1.82, 2.24) is 4.57 Å². The third-order valence-electron chi connectivity index (χ3n) is 5.50. The number of hydrogen-bond donors (Lipinski definition) is 0. The number of nitrogens with zero attached hydrogens (tertiary/aromatic N) is 2. The van der Waals surface area contributed by atoms with Crippen molar-refractivity contribution in [3.8, 4) is 11.5 Å². The number of benzene rings is 2. The molecule has 174 valence electrons. The fourth-order valence-electron chi connectivity index (χ4n) is 3.97. The number of esters is 1. The van der Waals surface area contributed by atoms with Crippen LogP contribution in [-0.2, 0) is 9.53 Å². The van der Waals surface area contributed by atoms with Crippen molar-refractivity contribution in [1.29, 1.82) is 0 Å². The monoisotopic (exact) mass is 560 g/mol. The molecule has 7 nitrogen and oxygen atoms in total. The zero-order valence-electron chi connectivity index (χ0n) is 18.1. The van der Waals surface area contributed by atoms with Gasteiger partial charge in [-0.1, -0.05) is 57.1 Å². The van der Waals surface area contributed by atoms with Gasteiger partial charge in [0.2, 0.25) is 6.79 Å². The molecule has 0 aliphatic carbocycles. The fraction of sp³-hybridized carbons (Fsp3) is 0.208. The minimum absolute atomic E-state index is 0.154. The summed E-state index contributed by atoms with van der Waals surface area (Å²) < 4.78 is 18.9. The smallest absolute Gasteiger partial charge is 0.338 e. The molecule has 0 fully saturated rings. The van der Waals surface area contributed by atoms with Crippen molar-refractivity contribution in [2.24, 2.45) is 4.99 Å². The Bertz CT molecular complexity index is 1540. The van der Waals surface area contributed by atoms with Gasteiger partial charge in [-0.15, -0.1) is 0 Å². The first-order valence-electron chi connectivity index (χ1n) is 10.4. The first kappa shape index (κ1) is 22.9. The molecule has 0 saturated heterocycles. The molecule has 3 heterocycles. The van der Waals surface area contributed by atoms with E-state index in [1.54, 1.807) is 44.2 Å². The van der Waals surface area contributed by atoms with Crippen LogP contribution >= 0.6 is 38.9 Å². The normalized spacial score (nSPS) is 16.9. The summed E-state index contributed by atoms with van der Waals surface area (Å²) in [5, 5.41) is 0.442. The summed E-state index contributed by atoms with van der Waals surface area (Å²) in [6.07, 6.45) is 1.77. The van der Waals surface area contributed by atoms with E-state index in [1.807, 2.05) is 12.1 Å². The minimum Gasteiger partial charge on any atom is -0.463 e. The third kappa shape index (κ3) is 3.87. The highest BCUT2D eigenvalue weighted by molar-refractivity contribution is 9.10. The van der Waals surface area contributed by atoms with Crippen molar-refractivity contribution in [2.75, 3.05) is 13.4 Å². The van der Waals surface area contributed by atoms with Crippen LogP contribution < -0.4 is 24.4 Å². The molecule has 0 radical (unpaired) electrons. The van der Waals surface area contributed by atoms with Gasteiger partial charge in [-0.05, 0) is 49.2 Å². The van der Waals surface area contributed by atoms with E-state index in [4.69, 9.17) is 25.8 Å². The van der Waals surface area contributed by atoms with E-state index in [1.165, 1.54) is 15.9 Å². The molecule has 2 aliphatic heterocycles. The minimum atomic E-state index is -0.758. The van der Waals surface area contributed by atoms with Crippen molar-refractivity contribution >= 4 is 50.9 Å². The van der Waals surface area contributed by atoms with Gasteiger partial charge in [-0.25, -0.2) is 9.79 Å². The first-order chi connectivity index (χ1) is 16.4. The van der Waals surface area contributed by atoms with Crippen LogP contribution in [0, 0.1) is 0 Å². The highest BCUT2D eigenvalue weighted by Gasteiger charge is 2.34. The molecule has 0 bridgehead atoms. The number of fused-ring (bicyclic) bond motifs is 2. The second-order valence-electron chi connectivity index (χ2n) is 7.55. The number of allylic oxidation sites excluding steroid dienone is 1. The van der Waals surface area contributed by atoms with Gasteiger partial charge in [0.1, 0.15) is 6.04 Å². The van der Waals surface area contributed by atoms with Gasteiger partial charge in [0.15, 0.2) is 16.3 Å². The van der Waals surface area contributed by atoms with Crippen LogP contribution in [0.2, 0.25) is 5.02 Å². The predicted molar refractivity (Wildman–Crippen MR) is 132 cm³/mol. The standard InChI is InChI=1S/C24H18BrClN2O5S/c1-3-31-23(30)20-12(2)27-24-28(21(20)14-6-4-5-7-16(14)26)22(29)19(34-24)9-13-8-17-18(10-15(13)25)33-11-32-17/h4-10,21H,3,11H2,1-2H3/b19-9-. The topological polar surface area (TPSA) is 79.1 Å². The number of carbonyl (C=O) groups is 1. The molecule has 1 aromatic heterocycles. The highest BCUT2D eigenvalue weighted by Crippen LogP contribution is 2.37. The van der Waals surface area contributed by atoms with E-state index >= 15 is 0 Å². The summed E-state index contributed by atoms with van der Waals surface area (Å²) in [6.45, 7) is 3.83. The quantitative estimate of drug-likeness (QED) is 0.451. The van der Waals surface area contributed by atoms with Crippen LogP contribution in [0.1, 0.15) is 31.0 Å². The van der Waals surface area contributed by atoms with Gasteiger partial charge >= 0.3 is 5.97 Å². The van der Waals surface area contributed by atoms with Crippen LogP contribution in [0.25, 0.3) is 6.08 Å². The summed E-state index contributed by atoms with van der Waals surface area (Å²) in [4.78, 5) is 31.7. The molecule has 5 rings (SSSR count). The average molecular weight is 562 g/mol. The van der Waals surface area contributed by atoms with E-state index < -0.39 is 12.0 Å². The Kier molecular flexibility index (Phi) is 6.09. The molecule has 3 aromatic rings. The van der Waals surface area contributed by atoms with Crippen LogP contribution in [0.4, 0.5) is 0 Å². The largest absolute Gasteiger partial charge is 0.463 e. The molecule has 0 spiro atoms. The lowest BCUT2D eigenvalue weighted by Gasteiger charge is -2.25. The number of aromatic nitrogens is 1. The highest BCUT2D eigenvalue weighted by atomic mass is 79.9. The van der Waals surface area contributed by atoms with Gasteiger partial charge < -0.3 is 14.2 Å². The van der Waals surface area contributed by atoms with Crippen molar-refractivity contribution in [2.45, 2.75) is 19.9 Å². The molecule has 0 amide bonds. The lowest BCUT2D eigenvalue weighted by atomic mass is 9.96. The van der Waals surface area contributed by atoms with E-state index in [0.717, 1.165) is 10.0 Å². The van der Waals surface area contributed by atoms with Crippen LogP contribution in [0.3, 0.4) is 0 Å². The molecular formula is C24H18BrClN2O5S. The molecule has 10 heteroatoms. The van der Waals surface area contributed by atoms with Crippen LogP contribution in [0.5, 0.6) is 11.5 Å². The summed E-state index contributed by atoms with van der Waals surface area (Å²) >= 11 is 11.3. The predicted octanol–water partition coefficient (Wildman–Crippen LogP) is 3.94. The van der Waals surface area contributed by atoms with Gasteiger partial charge in [0, 0.05) is 9.50 Å². The Morgan fingerprint density at radius 1 is 1.32 bits per heavy atom. The van der Waals surface area contributed by atoms with E-state index in [0.29, 0.717) is 37.1 Å². The van der Waals surface area contributed by atoms with Crippen LogP contribution in [0.15, 0.2) is 61.9 Å². The Hall–Kier alpha value is -2.88. The van der Waals surface area contributed by atoms with E-state index in [2.05, 4.69) is 20.9 Å². The first-order valence-corrected chi connectivity index (χ1v) is 12.4. The summed E-state index contributed by atoms with van der Waals surface area (Å²) in [6, 6.07) is 10.0. The van der Waals surface area contributed by atoms with Crippen LogP contribution in [-0.4, -0.2) is 23.9 Å². The molecule has 0 saturated carbocycles. The Balaban J connectivity index is 1.73. The van der Waals surface area contributed by atoms with Gasteiger partial charge in [-0.2, -0.15) is 0 Å². The SMILES string of the molecule is CCOC(=O)C1=C(C)N=c2s/c(=C\c3cc4c(cc3Br)OCO4)c(=O)n2C1c1ccccc1Cl. The maximum absolute atomic E-state index is 13.7. The number of halogens is 2. The zero-order valence-corrected chi connectivity index (χ0v) is 21.3. The summed E-state index contributed by atoms with van der Waals surface area (Å²) in [5.41, 5.74) is 1.87. The second kappa shape index (κ2) is 9.05. The van der Waals surface area contributed by atoms with Gasteiger partial charge in [-0.3, -0.25) is 9.36 Å². The number of ether oxygens (including phenoxy) is 3. The lowest BCUT2D eigenvalue weighted by Crippen LogP contribution is -2.40. The van der Waals surface area contributed by atoms with E-state index in [-0.39, 0.29) is 24.5 Å². The number of carbonyl (C=O) groups excluding carboxylic acids is 1. The summed E-state index contributed by atoms with van der Waals surface area (Å²) in [7, 11) is 0. The maximum atomic E-state index is 13.7. The van der Waals surface area contributed by atoms with Gasteiger partial charge in [0.25, 0.3) is 5.56 Å². The van der Waals surface area contributed by atoms with Crippen molar-refractivity contribution in [3.05, 3.63) is 88.0 Å². The lowest BCUT2D eigenvalue weighted by molar-refractivity contribution is -0.139. The third-order valence-corrected chi connectivity index (χ3v) is 7.51. The molecule has 1 unspecified atom stereocenters. The zero-order chi connectivity index (χ0) is 24.0. The fourth-order valence-corrected chi connectivity index (χ4v) is 5.68. The molecule has 0 N–H and O–H groups in total. The Morgan fingerprint density at radius 2 is 2.06 bits per heavy atom. The van der Waals surface area contributed by atoms with Crippen molar-refractivity contribution in [3.63, 3.8) is 0 Å². The number of thiazole rings is 1. The molecule has 34 heavy (non-hydrogen) atoms. The molecule has 2 aromatic carbocycles.